The van der Waals surface area contributed by atoms with Gasteiger partial charge >= 0.3 is 0 Å². The molecule has 2 aromatic rings. The van der Waals surface area contributed by atoms with Crippen molar-refractivity contribution < 1.29 is 14.6 Å². The normalized spacial score (nSPS) is 16.9. The number of anilines is 1. The van der Waals surface area contributed by atoms with Gasteiger partial charge in [0.1, 0.15) is 24.0 Å². The minimum atomic E-state index is 0.0821. The smallest absolute Gasteiger partial charge is 0.136 e. The Kier molecular flexibility index (Phi) is 6.04. The summed E-state index contributed by atoms with van der Waals surface area (Å²) < 4.78 is 11.4. The second kappa shape index (κ2) is 8.86. The Hall–Kier alpha value is -2.22. The fourth-order valence-electron chi connectivity index (χ4n) is 3.87. The molecule has 0 bridgehead atoms. The van der Waals surface area contributed by atoms with E-state index in [9.17, 15) is 0 Å². The monoisotopic (exact) mass is 384 g/mol. The molecule has 0 spiro atoms. The van der Waals surface area contributed by atoms with Crippen LogP contribution >= 0.6 is 0 Å². The van der Waals surface area contributed by atoms with E-state index in [1.807, 2.05) is 19.1 Å². The fraction of sp³-hybridized carbons (Fsp3) is 0.524. The molecular weight excluding hydrogens is 356 g/mol. The maximum atomic E-state index is 8.80. The maximum Gasteiger partial charge on any atom is 0.136 e. The molecule has 1 N–H and O–H groups in total. The van der Waals surface area contributed by atoms with Crippen molar-refractivity contribution in [1.82, 2.24) is 14.9 Å². The number of aliphatic hydroxyl groups excluding tert-OH is 1. The molecule has 4 rings (SSSR count). The highest BCUT2D eigenvalue weighted by molar-refractivity contribution is 5.54. The highest BCUT2D eigenvalue weighted by Gasteiger charge is 2.25. The van der Waals surface area contributed by atoms with E-state index in [1.165, 1.54) is 11.1 Å². The summed E-state index contributed by atoms with van der Waals surface area (Å²) in [6.07, 6.45) is 0.802. The van der Waals surface area contributed by atoms with Gasteiger partial charge in [-0.25, -0.2) is 9.97 Å². The number of para-hydroxylation sites is 1. The minimum absolute atomic E-state index is 0.0821. The van der Waals surface area contributed by atoms with Crippen molar-refractivity contribution in [3.63, 3.8) is 0 Å². The summed E-state index contributed by atoms with van der Waals surface area (Å²) in [4.78, 5) is 14.3. The molecule has 150 valence electrons. The average molecular weight is 384 g/mol. The van der Waals surface area contributed by atoms with Crippen LogP contribution in [-0.2, 0) is 17.8 Å². The summed E-state index contributed by atoms with van der Waals surface area (Å²) >= 11 is 0. The van der Waals surface area contributed by atoms with E-state index < -0.39 is 0 Å². The van der Waals surface area contributed by atoms with E-state index >= 15 is 0 Å². The number of nitrogens with zero attached hydrogens (tertiary/aromatic N) is 4. The molecule has 0 aliphatic carbocycles. The predicted molar refractivity (Wildman–Crippen MR) is 107 cm³/mol. The van der Waals surface area contributed by atoms with Crippen LogP contribution in [0.3, 0.4) is 0 Å². The van der Waals surface area contributed by atoms with Crippen molar-refractivity contribution in [1.29, 1.82) is 0 Å². The summed E-state index contributed by atoms with van der Waals surface area (Å²) in [5, 5.41) is 8.80. The van der Waals surface area contributed by atoms with Gasteiger partial charge in [-0.15, -0.1) is 0 Å². The van der Waals surface area contributed by atoms with Crippen LogP contribution < -0.4 is 9.64 Å². The number of rotatable bonds is 6. The molecule has 2 aliphatic rings. The number of aromatic nitrogens is 2. The van der Waals surface area contributed by atoms with E-state index in [0.29, 0.717) is 19.8 Å². The number of fused-ring (bicyclic) bond motifs is 2. The van der Waals surface area contributed by atoms with Gasteiger partial charge in [0, 0.05) is 44.7 Å². The lowest BCUT2D eigenvalue weighted by Gasteiger charge is -2.36. The number of benzene rings is 1. The van der Waals surface area contributed by atoms with Crippen molar-refractivity contribution in [3.8, 4) is 5.75 Å². The number of aryl methyl sites for hydroxylation is 1. The van der Waals surface area contributed by atoms with Gasteiger partial charge in [-0.2, -0.15) is 0 Å². The molecule has 1 aromatic heterocycles. The first-order valence-electron chi connectivity index (χ1n) is 9.97. The third-order valence-electron chi connectivity index (χ3n) is 5.35. The first-order valence-corrected chi connectivity index (χ1v) is 9.97. The molecule has 2 aliphatic heterocycles. The van der Waals surface area contributed by atoms with Crippen LogP contribution in [0.5, 0.6) is 5.75 Å². The fourth-order valence-corrected chi connectivity index (χ4v) is 3.87. The first-order chi connectivity index (χ1) is 13.7. The predicted octanol–water partition coefficient (Wildman–Crippen LogP) is 1.40. The lowest BCUT2D eigenvalue weighted by atomic mass is 10.0. The number of aliphatic hydroxyl groups is 1. The zero-order chi connectivity index (χ0) is 19.3. The van der Waals surface area contributed by atoms with E-state index in [-0.39, 0.29) is 6.61 Å². The number of hydrogen-bond donors (Lipinski definition) is 1. The summed E-state index contributed by atoms with van der Waals surface area (Å²) in [7, 11) is 0. The molecule has 1 aromatic carbocycles. The molecule has 28 heavy (non-hydrogen) atoms. The van der Waals surface area contributed by atoms with E-state index in [4.69, 9.17) is 19.6 Å². The summed E-state index contributed by atoms with van der Waals surface area (Å²) in [5.74, 6) is 2.79. The topological polar surface area (TPSA) is 71.0 Å². The molecule has 0 radical (unpaired) electrons. The number of piperazine rings is 1. The Morgan fingerprint density at radius 2 is 1.93 bits per heavy atom. The second-order valence-corrected chi connectivity index (χ2v) is 7.26. The summed E-state index contributed by atoms with van der Waals surface area (Å²) in [5.41, 5.74) is 3.38. The molecule has 3 heterocycles. The van der Waals surface area contributed by atoms with Crippen LogP contribution in [0.1, 0.15) is 22.6 Å². The van der Waals surface area contributed by atoms with Crippen LogP contribution in [0.25, 0.3) is 0 Å². The van der Waals surface area contributed by atoms with Gasteiger partial charge in [0.25, 0.3) is 0 Å². The van der Waals surface area contributed by atoms with Crippen molar-refractivity contribution in [2.45, 2.75) is 20.0 Å². The highest BCUT2D eigenvalue weighted by atomic mass is 16.5. The SMILES string of the molecule is Cc1nc2c(c(N3CCN(CCOCCO)CC3)n1)Cc1ccccc1OC2. The summed E-state index contributed by atoms with van der Waals surface area (Å²) in [6, 6.07) is 8.22. The molecule has 7 nitrogen and oxygen atoms in total. The molecule has 7 heteroatoms. The van der Waals surface area contributed by atoms with Crippen molar-refractivity contribution in [3.05, 3.63) is 46.9 Å². The van der Waals surface area contributed by atoms with Gasteiger partial charge in [0.05, 0.1) is 25.5 Å². The third-order valence-corrected chi connectivity index (χ3v) is 5.35. The number of ether oxygens (including phenoxy) is 2. The van der Waals surface area contributed by atoms with Crippen molar-refractivity contribution >= 4 is 5.82 Å². The average Bonchev–Trinajstić information content (AvgIpc) is 2.91. The Morgan fingerprint density at radius 3 is 2.75 bits per heavy atom. The molecule has 0 saturated carbocycles. The van der Waals surface area contributed by atoms with Crippen LogP contribution in [0, 0.1) is 6.92 Å². The largest absolute Gasteiger partial charge is 0.487 e. The van der Waals surface area contributed by atoms with Gasteiger partial charge in [-0.3, -0.25) is 4.90 Å². The van der Waals surface area contributed by atoms with Crippen LogP contribution in [0.4, 0.5) is 5.82 Å². The molecule has 1 fully saturated rings. The lowest BCUT2D eigenvalue weighted by molar-refractivity contribution is 0.0724. The van der Waals surface area contributed by atoms with Crippen LogP contribution in [0.2, 0.25) is 0 Å². The molecule has 0 amide bonds. The third kappa shape index (κ3) is 4.27. The highest BCUT2D eigenvalue weighted by Crippen LogP contribution is 2.32. The van der Waals surface area contributed by atoms with Crippen LogP contribution in [-0.4, -0.2) is 72.5 Å². The Morgan fingerprint density at radius 1 is 1.11 bits per heavy atom. The Labute approximate surface area is 165 Å². The van der Waals surface area contributed by atoms with E-state index in [0.717, 1.165) is 62.2 Å². The van der Waals surface area contributed by atoms with Gasteiger partial charge in [-0.05, 0) is 18.6 Å². The minimum Gasteiger partial charge on any atom is -0.487 e. The van der Waals surface area contributed by atoms with Crippen molar-refractivity contribution in [2.24, 2.45) is 0 Å². The van der Waals surface area contributed by atoms with Gasteiger partial charge < -0.3 is 19.5 Å². The lowest BCUT2D eigenvalue weighted by Crippen LogP contribution is -2.48. The maximum absolute atomic E-state index is 8.80. The molecule has 0 unspecified atom stereocenters. The van der Waals surface area contributed by atoms with Gasteiger partial charge in [0.2, 0.25) is 0 Å². The Balaban J connectivity index is 1.48. The van der Waals surface area contributed by atoms with Gasteiger partial charge in [-0.1, -0.05) is 18.2 Å². The first kappa shape index (κ1) is 19.1. The Bertz CT molecular complexity index is 806. The van der Waals surface area contributed by atoms with Gasteiger partial charge in [0.15, 0.2) is 0 Å². The molecule has 1 saturated heterocycles. The van der Waals surface area contributed by atoms with E-state index in [1.54, 1.807) is 0 Å². The standard InChI is InChI=1S/C21H28N4O3/c1-16-22-19-15-28-20-5-3-2-4-17(20)14-18(19)21(23-16)25-8-6-24(7-9-25)10-12-27-13-11-26/h2-5,26H,6-15H2,1H3. The van der Waals surface area contributed by atoms with Crippen LogP contribution in [0.15, 0.2) is 24.3 Å². The number of hydrogen-bond acceptors (Lipinski definition) is 7. The van der Waals surface area contributed by atoms with Crippen molar-refractivity contribution in [2.75, 3.05) is 57.4 Å². The second-order valence-electron chi connectivity index (χ2n) is 7.26. The zero-order valence-electron chi connectivity index (χ0n) is 16.4. The quantitative estimate of drug-likeness (QED) is 0.755. The summed E-state index contributed by atoms with van der Waals surface area (Å²) in [6.45, 7) is 8.33. The van der Waals surface area contributed by atoms with E-state index in [2.05, 4.69) is 26.9 Å². The molecule has 0 atom stereocenters. The molecular formula is C21H28N4O3. The zero-order valence-corrected chi connectivity index (χ0v) is 16.4.